The van der Waals surface area contributed by atoms with Crippen LogP contribution >= 0.6 is 11.3 Å². The van der Waals surface area contributed by atoms with E-state index in [1.807, 2.05) is 43.6 Å². The SMILES string of the molecule is Cn1cc(CNC(=O)C2CC(=O)N(c3nnc(Cc4ccccc4)s3)C2)cn1. The van der Waals surface area contributed by atoms with Gasteiger partial charge in [0.25, 0.3) is 0 Å². The van der Waals surface area contributed by atoms with E-state index in [9.17, 15) is 9.59 Å². The average molecular weight is 396 g/mol. The fourth-order valence-electron chi connectivity index (χ4n) is 3.16. The van der Waals surface area contributed by atoms with Crippen LogP contribution in [0.4, 0.5) is 5.13 Å². The summed E-state index contributed by atoms with van der Waals surface area (Å²) in [6, 6.07) is 10.00. The first-order chi connectivity index (χ1) is 13.6. The first kappa shape index (κ1) is 18.3. The van der Waals surface area contributed by atoms with Crippen LogP contribution in [0.15, 0.2) is 42.7 Å². The molecule has 1 fully saturated rings. The molecule has 1 atom stereocenters. The molecular formula is C19H20N6O2S. The Morgan fingerprint density at radius 2 is 2.07 bits per heavy atom. The van der Waals surface area contributed by atoms with Gasteiger partial charge in [-0.15, -0.1) is 10.2 Å². The van der Waals surface area contributed by atoms with Gasteiger partial charge in [0.1, 0.15) is 5.01 Å². The number of benzene rings is 1. The normalized spacial score (nSPS) is 16.5. The Morgan fingerprint density at radius 3 is 2.82 bits per heavy atom. The summed E-state index contributed by atoms with van der Waals surface area (Å²) in [5.74, 6) is -0.608. The molecule has 0 bridgehead atoms. The first-order valence-electron chi connectivity index (χ1n) is 9.00. The van der Waals surface area contributed by atoms with Crippen molar-refractivity contribution < 1.29 is 9.59 Å². The molecule has 9 heteroatoms. The van der Waals surface area contributed by atoms with Crippen molar-refractivity contribution in [3.8, 4) is 0 Å². The number of anilines is 1. The van der Waals surface area contributed by atoms with E-state index in [-0.39, 0.29) is 24.2 Å². The summed E-state index contributed by atoms with van der Waals surface area (Å²) in [6.07, 6.45) is 4.42. The van der Waals surface area contributed by atoms with Gasteiger partial charge in [0.05, 0.1) is 12.1 Å². The lowest BCUT2D eigenvalue weighted by Crippen LogP contribution is -2.32. The molecule has 0 saturated carbocycles. The van der Waals surface area contributed by atoms with Crippen molar-refractivity contribution in [2.45, 2.75) is 19.4 Å². The number of hydrogen-bond donors (Lipinski definition) is 1. The van der Waals surface area contributed by atoms with E-state index in [1.165, 1.54) is 11.3 Å². The highest BCUT2D eigenvalue weighted by Gasteiger charge is 2.36. The zero-order chi connectivity index (χ0) is 19.5. The van der Waals surface area contributed by atoms with E-state index in [4.69, 9.17) is 0 Å². The summed E-state index contributed by atoms with van der Waals surface area (Å²) in [6.45, 7) is 0.731. The number of rotatable bonds is 6. The number of hydrogen-bond acceptors (Lipinski definition) is 6. The van der Waals surface area contributed by atoms with Crippen LogP contribution in [0.3, 0.4) is 0 Å². The molecule has 144 valence electrons. The van der Waals surface area contributed by atoms with Crippen LogP contribution in [0.1, 0.15) is 22.6 Å². The molecule has 0 radical (unpaired) electrons. The van der Waals surface area contributed by atoms with Crippen LogP contribution in [-0.4, -0.2) is 38.3 Å². The maximum Gasteiger partial charge on any atom is 0.229 e. The van der Waals surface area contributed by atoms with E-state index in [2.05, 4.69) is 20.6 Å². The lowest BCUT2D eigenvalue weighted by Gasteiger charge is -2.12. The van der Waals surface area contributed by atoms with Crippen LogP contribution in [0.5, 0.6) is 0 Å². The number of nitrogens with one attached hydrogen (secondary N) is 1. The third-order valence-corrected chi connectivity index (χ3v) is 5.55. The van der Waals surface area contributed by atoms with E-state index < -0.39 is 0 Å². The van der Waals surface area contributed by atoms with Gasteiger partial charge in [0, 0.05) is 44.7 Å². The molecule has 2 aromatic heterocycles. The number of nitrogens with zero attached hydrogens (tertiary/aromatic N) is 5. The van der Waals surface area contributed by atoms with Crippen LogP contribution < -0.4 is 10.2 Å². The highest BCUT2D eigenvalue weighted by molar-refractivity contribution is 7.15. The Balaban J connectivity index is 1.36. The van der Waals surface area contributed by atoms with Gasteiger partial charge in [-0.1, -0.05) is 41.7 Å². The Hall–Kier alpha value is -3.07. The Kier molecular flexibility index (Phi) is 5.16. The Morgan fingerprint density at radius 1 is 1.25 bits per heavy atom. The van der Waals surface area contributed by atoms with Crippen molar-refractivity contribution in [2.24, 2.45) is 13.0 Å². The molecule has 1 aliphatic heterocycles. The van der Waals surface area contributed by atoms with Gasteiger partial charge in [0.15, 0.2) is 0 Å². The van der Waals surface area contributed by atoms with Crippen molar-refractivity contribution in [2.75, 3.05) is 11.4 Å². The largest absolute Gasteiger partial charge is 0.352 e. The van der Waals surface area contributed by atoms with Crippen molar-refractivity contribution in [1.82, 2.24) is 25.3 Å². The second kappa shape index (κ2) is 7.89. The summed E-state index contributed by atoms with van der Waals surface area (Å²) in [7, 11) is 1.83. The van der Waals surface area contributed by atoms with E-state index in [0.29, 0.717) is 24.6 Å². The maximum absolute atomic E-state index is 12.4. The minimum Gasteiger partial charge on any atom is -0.352 e. The van der Waals surface area contributed by atoms with Gasteiger partial charge in [-0.2, -0.15) is 5.10 Å². The van der Waals surface area contributed by atoms with Crippen LogP contribution in [0.2, 0.25) is 0 Å². The lowest BCUT2D eigenvalue weighted by atomic mass is 10.1. The van der Waals surface area contributed by atoms with Crippen LogP contribution in [0.25, 0.3) is 0 Å². The average Bonchev–Trinajstić information content (AvgIpc) is 3.41. The molecule has 0 spiro atoms. The predicted octanol–water partition coefficient (Wildman–Crippen LogP) is 1.53. The van der Waals surface area contributed by atoms with Crippen molar-refractivity contribution in [1.29, 1.82) is 0 Å². The highest BCUT2D eigenvalue weighted by atomic mass is 32.1. The standard InChI is InChI=1S/C19H20N6O2S/c1-24-11-14(10-21-24)9-20-18(27)15-8-17(26)25(12-15)19-23-22-16(28-19)7-13-5-3-2-4-6-13/h2-6,10-11,15H,7-9,12H2,1H3,(H,20,27). The Bertz CT molecular complexity index is 983. The molecule has 1 aliphatic rings. The van der Waals surface area contributed by atoms with E-state index >= 15 is 0 Å². The number of aryl methyl sites for hydroxylation is 1. The molecule has 28 heavy (non-hydrogen) atoms. The van der Waals surface area contributed by atoms with Gasteiger partial charge in [-0.05, 0) is 5.56 Å². The minimum absolute atomic E-state index is 0.0936. The van der Waals surface area contributed by atoms with Gasteiger partial charge in [-0.25, -0.2) is 0 Å². The molecule has 1 N–H and O–H groups in total. The lowest BCUT2D eigenvalue weighted by molar-refractivity contribution is -0.126. The van der Waals surface area contributed by atoms with Crippen LogP contribution in [-0.2, 0) is 29.6 Å². The second-order valence-electron chi connectivity index (χ2n) is 6.79. The molecule has 1 saturated heterocycles. The summed E-state index contributed by atoms with van der Waals surface area (Å²) in [5.41, 5.74) is 2.07. The van der Waals surface area contributed by atoms with Gasteiger partial charge in [0.2, 0.25) is 16.9 Å². The molecule has 8 nitrogen and oxygen atoms in total. The summed E-state index contributed by atoms with van der Waals surface area (Å²) >= 11 is 1.40. The van der Waals surface area contributed by atoms with Gasteiger partial charge in [-0.3, -0.25) is 19.2 Å². The number of carbonyl (C=O) groups is 2. The number of amides is 2. The number of aromatic nitrogens is 4. The van der Waals surface area contributed by atoms with Gasteiger partial charge >= 0.3 is 0 Å². The monoisotopic (exact) mass is 396 g/mol. The van der Waals surface area contributed by atoms with Crippen LogP contribution in [0, 0.1) is 5.92 Å². The molecular weight excluding hydrogens is 376 g/mol. The minimum atomic E-state index is -0.384. The quantitative estimate of drug-likeness (QED) is 0.682. The van der Waals surface area contributed by atoms with Crippen molar-refractivity contribution in [3.05, 3.63) is 58.9 Å². The molecule has 3 heterocycles. The Labute approximate surface area is 166 Å². The highest BCUT2D eigenvalue weighted by Crippen LogP contribution is 2.28. The summed E-state index contributed by atoms with van der Waals surface area (Å²) in [5, 5.41) is 16.7. The molecule has 1 aromatic carbocycles. The zero-order valence-corrected chi connectivity index (χ0v) is 16.2. The molecule has 1 unspecified atom stereocenters. The maximum atomic E-state index is 12.4. The molecule has 4 rings (SSSR count). The number of carbonyl (C=O) groups excluding carboxylic acids is 2. The third-order valence-electron chi connectivity index (χ3n) is 4.61. The topological polar surface area (TPSA) is 93.0 Å². The first-order valence-corrected chi connectivity index (χ1v) is 9.82. The third kappa shape index (κ3) is 4.09. The van der Waals surface area contributed by atoms with Crippen molar-refractivity contribution >= 4 is 28.3 Å². The van der Waals surface area contributed by atoms with E-state index in [0.717, 1.165) is 16.1 Å². The summed E-state index contributed by atoms with van der Waals surface area (Å²) < 4.78 is 1.69. The second-order valence-corrected chi connectivity index (χ2v) is 7.83. The fraction of sp³-hybridized carbons (Fsp3) is 0.316. The predicted molar refractivity (Wildman–Crippen MR) is 105 cm³/mol. The smallest absolute Gasteiger partial charge is 0.229 e. The van der Waals surface area contributed by atoms with Gasteiger partial charge < -0.3 is 5.32 Å². The zero-order valence-electron chi connectivity index (χ0n) is 15.4. The molecule has 2 amide bonds. The van der Waals surface area contributed by atoms with E-state index in [1.54, 1.807) is 15.8 Å². The molecule has 3 aromatic rings. The van der Waals surface area contributed by atoms with Crippen molar-refractivity contribution in [3.63, 3.8) is 0 Å². The summed E-state index contributed by atoms with van der Waals surface area (Å²) in [4.78, 5) is 26.4. The fourth-order valence-corrected chi connectivity index (χ4v) is 4.06. The molecule has 0 aliphatic carbocycles.